The number of carbonyl (C=O) groups is 3. The van der Waals surface area contributed by atoms with Crippen molar-refractivity contribution in [3.63, 3.8) is 0 Å². The molecule has 0 radical (unpaired) electrons. The monoisotopic (exact) mass is 387 g/mol. The Balaban J connectivity index is 1.82. The molecule has 12 heteroatoms. The molecular weight excluding hydrogens is 362 g/mol. The van der Waals surface area contributed by atoms with Gasteiger partial charge in [-0.25, -0.2) is 0 Å². The van der Waals surface area contributed by atoms with Crippen LogP contribution in [0.2, 0.25) is 0 Å². The van der Waals surface area contributed by atoms with E-state index in [1.54, 1.807) is 0 Å². The molecule has 0 aromatic rings. The minimum atomic E-state index is -0.449. The first-order valence-electron chi connectivity index (χ1n) is 8.62. The van der Waals surface area contributed by atoms with E-state index in [0.29, 0.717) is 52.8 Å². The number of carbonyl (C=O) groups excluding carboxylic acids is 3. The van der Waals surface area contributed by atoms with Crippen molar-refractivity contribution in [2.24, 2.45) is 5.11 Å². The summed E-state index contributed by atoms with van der Waals surface area (Å²) < 4.78 is 21.0. The van der Waals surface area contributed by atoms with Crippen LogP contribution in [0.15, 0.2) is 5.11 Å². The number of hydrogen-bond acceptors (Lipinski definition) is 8. The highest BCUT2D eigenvalue weighted by Crippen LogP contribution is 2.08. The number of azide groups is 1. The minimum Gasteiger partial charge on any atom is -0.379 e. The Bertz CT molecular complexity index is 509. The van der Waals surface area contributed by atoms with Gasteiger partial charge in [-0.2, -0.15) is 5.01 Å². The molecular formula is C15H25N5O7. The van der Waals surface area contributed by atoms with Gasteiger partial charge in [0, 0.05) is 24.3 Å². The van der Waals surface area contributed by atoms with Gasteiger partial charge in [-0.1, -0.05) is 5.11 Å². The van der Waals surface area contributed by atoms with Gasteiger partial charge in [0.05, 0.1) is 59.3 Å². The Labute approximate surface area is 156 Å². The second kappa shape index (κ2) is 14.9. The smallest absolute Gasteiger partial charge is 0.248 e. The van der Waals surface area contributed by atoms with Crippen molar-refractivity contribution in [1.82, 2.24) is 10.4 Å². The third kappa shape index (κ3) is 11.2. The highest BCUT2D eigenvalue weighted by molar-refractivity contribution is 6.03. The standard InChI is InChI=1S/C15H25N5O7/c16-19-17-4-6-25-8-10-27-12-11-26-9-7-24-5-3-13(21)18-20-14(22)1-2-15(20)23/h1-12H2,(H,18,21). The van der Waals surface area contributed by atoms with Crippen molar-refractivity contribution in [3.05, 3.63) is 10.4 Å². The van der Waals surface area contributed by atoms with E-state index in [-0.39, 0.29) is 25.9 Å². The van der Waals surface area contributed by atoms with Crippen LogP contribution < -0.4 is 5.43 Å². The van der Waals surface area contributed by atoms with Crippen LogP contribution in [0, 0.1) is 0 Å². The average molecular weight is 387 g/mol. The molecule has 0 atom stereocenters. The molecule has 27 heavy (non-hydrogen) atoms. The average Bonchev–Trinajstić information content (AvgIpc) is 2.97. The zero-order valence-corrected chi connectivity index (χ0v) is 15.1. The molecule has 12 nitrogen and oxygen atoms in total. The summed E-state index contributed by atoms with van der Waals surface area (Å²) in [7, 11) is 0. The van der Waals surface area contributed by atoms with Gasteiger partial charge in [-0.05, 0) is 5.53 Å². The van der Waals surface area contributed by atoms with Crippen LogP contribution in [0.3, 0.4) is 0 Å². The van der Waals surface area contributed by atoms with Gasteiger partial charge in [0.1, 0.15) is 0 Å². The molecule has 1 rings (SSSR count). The lowest BCUT2D eigenvalue weighted by molar-refractivity contribution is -0.148. The molecule has 0 bridgehead atoms. The normalized spacial score (nSPS) is 13.7. The highest BCUT2D eigenvalue weighted by Gasteiger charge is 2.30. The second-order valence-electron chi connectivity index (χ2n) is 5.31. The summed E-state index contributed by atoms with van der Waals surface area (Å²) in [5.74, 6) is -1.25. The Morgan fingerprint density at radius 2 is 1.41 bits per heavy atom. The Morgan fingerprint density at radius 1 is 0.926 bits per heavy atom. The van der Waals surface area contributed by atoms with Crippen molar-refractivity contribution >= 4 is 17.7 Å². The SMILES string of the molecule is [N-]=[N+]=NCCOCCOCCOCCOCCC(=O)NN1C(=O)CCC1=O. The summed E-state index contributed by atoms with van der Waals surface area (Å²) in [5.41, 5.74) is 10.3. The van der Waals surface area contributed by atoms with E-state index in [2.05, 4.69) is 15.5 Å². The zero-order valence-electron chi connectivity index (χ0n) is 15.1. The van der Waals surface area contributed by atoms with Crippen LogP contribution in [-0.2, 0) is 33.3 Å². The first-order valence-corrected chi connectivity index (χ1v) is 8.62. The lowest BCUT2D eigenvalue weighted by Gasteiger charge is -2.14. The van der Waals surface area contributed by atoms with Crippen molar-refractivity contribution in [3.8, 4) is 0 Å². The molecule has 0 spiro atoms. The molecule has 0 aliphatic carbocycles. The van der Waals surface area contributed by atoms with Gasteiger partial charge >= 0.3 is 0 Å². The zero-order chi connectivity index (χ0) is 19.7. The number of nitrogens with one attached hydrogen (secondary N) is 1. The van der Waals surface area contributed by atoms with Crippen molar-refractivity contribution in [1.29, 1.82) is 0 Å². The summed E-state index contributed by atoms with van der Waals surface area (Å²) in [5, 5.41) is 4.09. The van der Waals surface area contributed by atoms with E-state index in [0.717, 1.165) is 5.01 Å². The van der Waals surface area contributed by atoms with Gasteiger partial charge in [0.2, 0.25) is 17.7 Å². The molecule has 3 amide bonds. The molecule has 0 saturated carbocycles. The molecule has 0 aromatic heterocycles. The Morgan fingerprint density at radius 3 is 1.93 bits per heavy atom. The summed E-state index contributed by atoms with van der Waals surface area (Å²) in [4.78, 5) is 36.9. The number of imide groups is 1. The summed E-state index contributed by atoms with van der Waals surface area (Å²) in [6.45, 7) is 3.17. The fourth-order valence-electron chi connectivity index (χ4n) is 1.96. The molecule has 1 saturated heterocycles. The van der Waals surface area contributed by atoms with Gasteiger partial charge in [0.15, 0.2) is 0 Å². The number of rotatable bonds is 16. The Hall–Kier alpha value is -2.24. The van der Waals surface area contributed by atoms with Gasteiger partial charge in [-0.15, -0.1) is 0 Å². The first kappa shape index (κ1) is 22.8. The van der Waals surface area contributed by atoms with Crippen LogP contribution in [0.4, 0.5) is 0 Å². The molecule has 1 aliphatic rings. The fourth-order valence-corrected chi connectivity index (χ4v) is 1.96. The molecule has 0 aromatic carbocycles. The maximum atomic E-state index is 11.6. The maximum Gasteiger partial charge on any atom is 0.248 e. The van der Waals surface area contributed by atoms with Crippen LogP contribution in [-0.4, -0.2) is 82.1 Å². The maximum absolute atomic E-state index is 11.6. The number of hydrazine groups is 1. The fraction of sp³-hybridized carbons (Fsp3) is 0.800. The van der Waals surface area contributed by atoms with E-state index >= 15 is 0 Å². The Kier molecular flexibility index (Phi) is 12.6. The van der Waals surface area contributed by atoms with Crippen LogP contribution in [0.1, 0.15) is 19.3 Å². The van der Waals surface area contributed by atoms with E-state index < -0.39 is 17.7 Å². The number of amides is 3. The predicted octanol–water partition coefficient (Wildman–Crippen LogP) is -0.0666. The topological polar surface area (TPSA) is 152 Å². The first-order chi connectivity index (χ1) is 13.1. The van der Waals surface area contributed by atoms with Crippen molar-refractivity contribution in [2.75, 3.05) is 59.4 Å². The van der Waals surface area contributed by atoms with Gasteiger partial charge in [0.25, 0.3) is 0 Å². The molecule has 1 N–H and O–H groups in total. The quantitative estimate of drug-likeness (QED) is 0.128. The summed E-state index contributed by atoms with van der Waals surface area (Å²) in [6, 6.07) is 0. The predicted molar refractivity (Wildman–Crippen MR) is 91.1 cm³/mol. The number of nitrogens with zero attached hydrogens (tertiary/aromatic N) is 4. The highest BCUT2D eigenvalue weighted by atomic mass is 16.6. The molecule has 152 valence electrons. The van der Waals surface area contributed by atoms with Crippen molar-refractivity contribution < 1.29 is 33.3 Å². The molecule has 1 heterocycles. The third-order valence-corrected chi connectivity index (χ3v) is 3.28. The van der Waals surface area contributed by atoms with Crippen LogP contribution in [0.25, 0.3) is 10.4 Å². The largest absolute Gasteiger partial charge is 0.379 e. The summed E-state index contributed by atoms with van der Waals surface area (Å²) >= 11 is 0. The van der Waals surface area contributed by atoms with Gasteiger partial charge in [-0.3, -0.25) is 19.8 Å². The van der Waals surface area contributed by atoms with Crippen LogP contribution in [0.5, 0.6) is 0 Å². The van der Waals surface area contributed by atoms with Gasteiger partial charge < -0.3 is 18.9 Å². The second-order valence-corrected chi connectivity index (χ2v) is 5.31. The van der Waals surface area contributed by atoms with E-state index in [1.807, 2.05) is 0 Å². The number of ether oxygens (including phenoxy) is 4. The third-order valence-electron chi connectivity index (χ3n) is 3.28. The lowest BCUT2D eigenvalue weighted by atomic mass is 10.4. The van der Waals surface area contributed by atoms with E-state index in [1.165, 1.54) is 0 Å². The minimum absolute atomic E-state index is 0.0415. The van der Waals surface area contributed by atoms with E-state index in [4.69, 9.17) is 24.5 Å². The summed E-state index contributed by atoms with van der Waals surface area (Å²) in [6.07, 6.45) is 0.294. The molecule has 1 aliphatic heterocycles. The molecule has 0 unspecified atom stereocenters. The van der Waals surface area contributed by atoms with Crippen molar-refractivity contribution in [2.45, 2.75) is 19.3 Å². The lowest BCUT2D eigenvalue weighted by Crippen LogP contribution is -2.45. The molecule has 1 fully saturated rings. The van der Waals surface area contributed by atoms with E-state index in [9.17, 15) is 14.4 Å². The number of hydrogen-bond donors (Lipinski definition) is 1. The van der Waals surface area contributed by atoms with Crippen LogP contribution >= 0.6 is 0 Å².